The fourth-order valence-corrected chi connectivity index (χ4v) is 2.76. The summed E-state index contributed by atoms with van der Waals surface area (Å²) >= 11 is 6.45. The van der Waals surface area contributed by atoms with E-state index in [1.54, 1.807) is 0 Å². The van der Waals surface area contributed by atoms with E-state index in [0.29, 0.717) is 6.04 Å². The van der Waals surface area contributed by atoms with Gasteiger partial charge < -0.3 is 10.2 Å². The van der Waals surface area contributed by atoms with Gasteiger partial charge in [-0.25, -0.2) is 0 Å². The summed E-state index contributed by atoms with van der Waals surface area (Å²) in [6.07, 6.45) is 3.78. The first-order valence-corrected chi connectivity index (χ1v) is 8.12. The molecule has 0 aliphatic rings. The van der Waals surface area contributed by atoms with E-state index in [4.69, 9.17) is 11.6 Å². The molecule has 0 saturated carbocycles. The molecule has 0 saturated heterocycles. The zero-order chi connectivity index (χ0) is 15.1. The molecule has 0 amide bonds. The molecule has 0 aliphatic heterocycles. The van der Waals surface area contributed by atoms with Crippen LogP contribution in [0.5, 0.6) is 0 Å². The molecule has 114 valence electrons. The van der Waals surface area contributed by atoms with Crippen LogP contribution in [0.15, 0.2) is 18.2 Å². The van der Waals surface area contributed by atoms with Crippen molar-refractivity contribution in [3.63, 3.8) is 0 Å². The first kappa shape index (κ1) is 17.3. The molecule has 1 rings (SSSR count). The average Bonchev–Trinajstić information content (AvgIpc) is 2.42. The second kappa shape index (κ2) is 8.53. The lowest BCUT2D eigenvalue weighted by Gasteiger charge is -2.30. The Morgan fingerprint density at radius 3 is 2.40 bits per heavy atom. The van der Waals surface area contributed by atoms with Crippen LogP contribution in [0.1, 0.15) is 58.6 Å². The lowest BCUT2D eigenvalue weighted by Crippen LogP contribution is -2.31. The van der Waals surface area contributed by atoms with E-state index in [0.717, 1.165) is 17.1 Å². The predicted molar refractivity (Wildman–Crippen MR) is 90.9 cm³/mol. The van der Waals surface area contributed by atoms with Gasteiger partial charge in [0, 0.05) is 29.3 Å². The number of benzene rings is 1. The van der Waals surface area contributed by atoms with Crippen LogP contribution in [-0.4, -0.2) is 19.6 Å². The zero-order valence-corrected chi connectivity index (χ0v) is 14.3. The summed E-state index contributed by atoms with van der Waals surface area (Å²) in [5.74, 6) is 0. The molecular formula is C17H29ClN2. The third-order valence-electron chi connectivity index (χ3n) is 3.84. The molecule has 0 fully saturated rings. The maximum atomic E-state index is 6.45. The van der Waals surface area contributed by atoms with Crippen LogP contribution in [0.3, 0.4) is 0 Å². The minimum absolute atomic E-state index is 0.282. The number of anilines is 1. The molecule has 1 unspecified atom stereocenters. The van der Waals surface area contributed by atoms with Gasteiger partial charge in [0.05, 0.1) is 0 Å². The summed E-state index contributed by atoms with van der Waals surface area (Å²) in [5, 5.41) is 4.09. The van der Waals surface area contributed by atoms with Gasteiger partial charge in [0.2, 0.25) is 0 Å². The highest BCUT2D eigenvalue weighted by Crippen LogP contribution is 2.29. The summed E-state index contributed by atoms with van der Waals surface area (Å²) in [6, 6.07) is 7.23. The number of rotatable bonds is 8. The van der Waals surface area contributed by atoms with E-state index in [9.17, 15) is 0 Å². The Morgan fingerprint density at radius 2 is 1.90 bits per heavy atom. The monoisotopic (exact) mass is 296 g/mol. The van der Waals surface area contributed by atoms with Crippen LogP contribution >= 0.6 is 11.6 Å². The van der Waals surface area contributed by atoms with Crippen molar-refractivity contribution in [3.8, 4) is 0 Å². The molecule has 0 bridgehead atoms. The number of nitrogens with zero attached hydrogens (tertiary/aromatic N) is 1. The van der Waals surface area contributed by atoms with E-state index < -0.39 is 0 Å². The van der Waals surface area contributed by atoms with Gasteiger partial charge in [-0.15, -0.1) is 0 Å². The molecule has 0 heterocycles. The molecule has 1 aromatic rings. The van der Waals surface area contributed by atoms with Crippen molar-refractivity contribution < 1.29 is 0 Å². The van der Waals surface area contributed by atoms with E-state index in [1.165, 1.54) is 24.9 Å². The first-order chi connectivity index (χ1) is 9.51. The number of hydrogen-bond acceptors (Lipinski definition) is 2. The minimum atomic E-state index is 0.282. The number of unbranched alkanes of at least 4 members (excludes halogenated alkanes) is 2. The fraction of sp³-hybridized carbons (Fsp3) is 0.647. The van der Waals surface area contributed by atoms with Crippen LogP contribution in [0.4, 0.5) is 5.69 Å². The maximum Gasteiger partial charge on any atom is 0.0474 e. The second-order valence-corrected chi connectivity index (χ2v) is 6.12. The summed E-state index contributed by atoms with van der Waals surface area (Å²) < 4.78 is 0. The first-order valence-electron chi connectivity index (χ1n) is 7.74. The molecule has 0 spiro atoms. The highest BCUT2D eigenvalue weighted by atomic mass is 35.5. The van der Waals surface area contributed by atoms with Crippen molar-refractivity contribution in [2.45, 2.75) is 59.0 Å². The molecule has 0 radical (unpaired) electrons. The Bertz CT molecular complexity index is 404. The largest absolute Gasteiger partial charge is 0.369 e. The molecule has 20 heavy (non-hydrogen) atoms. The predicted octanol–water partition coefficient (Wildman–Crippen LogP) is 5.03. The van der Waals surface area contributed by atoms with Crippen molar-refractivity contribution in [1.29, 1.82) is 0 Å². The van der Waals surface area contributed by atoms with Crippen LogP contribution in [0, 0.1) is 0 Å². The van der Waals surface area contributed by atoms with E-state index in [1.807, 2.05) is 7.05 Å². The molecule has 1 aromatic carbocycles. The molecular weight excluding hydrogens is 268 g/mol. The van der Waals surface area contributed by atoms with Crippen molar-refractivity contribution in [3.05, 3.63) is 28.8 Å². The smallest absolute Gasteiger partial charge is 0.0474 e. The Balaban J connectivity index is 2.89. The van der Waals surface area contributed by atoms with Crippen molar-refractivity contribution in [2.75, 3.05) is 18.5 Å². The Hall–Kier alpha value is -0.730. The van der Waals surface area contributed by atoms with E-state index in [2.05, 4.69) is 56.1 Å². The molecule has 0 aromatic heterocycles. The van der Waals surface area contributed by atoms with Crippen LogP contribution in [0.2, 0.25) is 5.02 Å². The molecule has 3 heteroatoms. The highest BCUT2D eigenvalue weighted by Gasteiger charge is 2.13. The fourth-order valence-electron chi connectivity index (χ4n) is 2.42. The standard InChI is InChI=1S/C17H29ClN2/c1-6-7-8-11-20(13(2)3)15-9-10-16(14(4)19-5)17(18)12-15/h9-10,12-14,19H,6-8,11H2,1-5H3. The molecule has 1 atom stereocenters. The van der Waals surface area contributed by atoms with Crippen molar-refractivity contribution in [2.24, 2.45) is 0 Å². The number of halogens is 1. The van der Waals surface area contributed by atoms with Gasteiger partial charge in [0.15, 0.2) is 0 Å². The third kappa shape index (κ3) is 4.68. The van der Waals surface area contributed by atoms with Gasteiger partial charge in [-0.2, -0.15) is 0 Å². The summed E-state index contributed by atoms with van der Waals surface area (Å²) in [5.41, 5.74) is 2.39. The highest BCUT2D eigenvalue weighted by molar-refractivity contribution is 6.31. The molecule has 2 nitrogen and oxygen atoms in total. The van der Waals surface area contributed by atoms with E-state index in [-0.39, 0.29) is 6.04 Å². The van der Waals surface area contributed by atoms with Crippen molar-refractivity contribution >= 4 is 17.3 Å². The van der Waals surface area contributed by atoms with E-state index >= 15 is 0 Å². The van der Waals surface area contributed by atoms with Gasteiger partial charge in [-0.1, -0.05) is 37.4 Å². The lowest BCUT2D eigenvalue weighted by atomic mass is 10.1. The third-order valence-corrected chi connectivity index (χ3v) is 4.17. The minimum Gasteiger partial charge on any atom is -0.369 e. The Labute approximate surface area is 129 Å². The molecule has 1 N–H and O–H groups in total. The zero-order valence-electron chi connectivity index (χ0n) is 13.5. The second-order valence-electron chi connectivity index (χ2n) is 5.71. The topological polar surface area (TPSA) is 15.3 Å². The van der Waals surface area contributed by atoms with Gasteiger partial charge >= 0.3 is 0 Å². The van der Waals surface area contributed by atoms with Gasteiger partial charge in [0.25, 0.3) is 0 Å². The summed E-state index contributed by atoms with van der Waals surface area (Å²) in [4.78, 5) is 2.44. The summed E-state index contributed by atoms with van der Waals surface area (Å²) in [7, 11) is 1.96. The average molecular weight is 297 g/mol. The number of hydrogen-bond donors (Lipinski definition) is 1. The SMILES string of the molecule is CCCCCN(c1ccc(C(C)NC)c(Cl)c1)C(C)C. The van der Waals surface area contributed by atoms with Crippen LogP contribution in [-0.2, 0) is 0 Å². The van der Waals surface area contributed by atoms with Gasteiger partial charge in [0.1, 0.15) is 0 Å². The lowest BCUT2D eigenvalue weighted by molar-refractivity contribution is 0.624. The Morgan fingerprint density at radius 1 is 1.20 bits per heavy atom. The quantitative estimate of drug-likeness (QED) is 0.677. The van der Waals surface area contributed by atoms with Crippen LogP contribution < -0.4 is 10.2 Å². The van der Waals surface area contributed by atoms with Crippen LogP contribution in [0.25, 0.3) is 0 Å². The normalized spacial score (nSPS) is 12.8. The van der Waals surface area contributed by atoms with Gasteiger partial charge in [-0.3, -0.25) is 0 Å². The maximum absolute atomic E-state index is 6.45. The van der Waals surface area contributed by atoms with Gasteiger partial charge in [-0.05, 0) is 51.9 Å². The Kier molecular flexibility index (Phi) is 7.39. The van der Waals surface area contributed by atoms with Crippen molar-refractivity contribution in [1.82, 2.24) is 5.32 Å². The number of nitrogens with one attached hydrogen (secondary N) is 1. The molecule has 0 aliphatic carbocycles. The summed E-state index contributed by atoms with van der Waals surface area (Å²) in [6.45, 7) is 9.95.